The molecule has 0 spiro atoms. The monoisotopic (exact) mass is 463 g/mol. The van der Waals surface area contributed by atoms with Crippen molar-refractivity contribution in [3.8, 4) is 0 Å². The fourth-order valence-electron chi connectivity index (χ4n) is 1.70. The molecule has 0 saturated carbocycles. The van der Waals surface area contributed by atoms with Gasteiger partial charge in [0.15, 0.2) is 6.10 Å². The lowest BCUT2D eigenvalue weighted by atomic mass is 10.2. The maximum absolute atomic E-state index is 12.1. The third kappa shape index (κ3) is 4.83. The van der Waals surface area contributed by atoms with E-state index >= 15 is 0 Å². The van der Waals surface area contributed by atoms with Crippen molar-refractivity contribution in [2.24, 2.45) is 0 Å². The van der Waals surface area contributed by atoms with E-state index in [0.717, 1.165) is 3.57 Å². The Bertz CT molecular complexity index is 735. The van der Waals surface area contributed by atoms with E-state index in [2.05, 4.69) is 27.9 Å². The van der Waals surface area contributed by atoms with Gasteiger partial charge in [0.1, 0.15) is 0 Å². The lowest BCUT2D eigenvalue weighted by Crippen LogP contribution is -2.30. The van der Waals surface area contributed by atoms with Crippen LogP contribution in [0, 0.1) is 3.57 Å². The maximum atomic E-state index is 12.1. The molecule has 1 N–H and O–H groups in total. The second kappa shape index (κ2) is 7.99. The highest BCUT2D eigenvalue weighted by atomic mass is 127. The van der Waals surface area contributed by atoms with Crippen LogP contribution in [0.1, 0.15) is 17.3 Å². The van der Waals surface area contributed by atoms with Crippen molar-refractivity contribution in [1.82, 2.24) is 0 Å². The average molecular weight is 464 g/mol. The third-order valence-corrected chi connectivity index (χ3v) is 4.48. The summed E-state index contributed by atoms with van der Waals surface area (Å²) in [5.41, 5.74) is 0.743. The summed E-state index contributed by atoms with van der Waals surface area (Å²) in [5, 5.41) is 3.14. The molecule has 23 heavy (non-hydrogen) atoms. The third-order valence-electron chi connectivity index (χ3n) is 2.94. The van der Waals surface area contributed by atoms with Crippen molar-refractivity contribution in [1.29, 1.82) is 0 Å². The Morgan fingerprint density at radius 2 is 1.78 bits per heavy atom. The highest BCUT2D eigenvalue weighted by Crippen LogP contribution is 2.29. The van der Waals surface area contributed by atoms with E-state index in [1.54, 1.807) is 42.5 Å². The normalized spacial score (nSPS) is 11.7. The number of carbonyl (C=O) groups is 2. The van der Waals surface area contributed by atoms with Crippen LogP contribution in [0.25, 0.3) is 0 Å². The summed E-state index contributed by atoms with van der Waals surface area (Å²) in [5.74, 6) is -1.06. The summed E-state index contributed by atoms with van der Waals surface area (Å²) >= 11 is 14.0. The van der Waals surface area contributed by atoms with Crippen LogP contribution in [0.3, 0.4) is 0 Å². The van der Waals surface area contributed by atoms with Gasteiger partial charge in [0.25, 0.3) is 5.91 Å². The molecule has 0 aliphatic heterocycles. The molecular formula is C16H12Cl2INO3. The smallest absolute Gasteiger partial charge is 0.338 e. The minimum absolute atomic E-state index is 0.235. The minimum Gasteiger partial charge on any atom is -0.449 e. The lowest BCUT2D eigenvalue weighted by Gasteiger charge is -2.14. The Morgan fingerprint density at radius 3 is 2.43 bits per heavy atom. The molecule has 0 aliphatic rings. The highest BCUT2D eigenvalue weighted by Gasteiger charge is 2.20. The number of rotatable bonds is 4. The number of nitrogens with one attached hydrogen (secondary N) is 1. The zero-order valence-electron chi connectivity index (χ0n) is 12.0. The number of hydrogen-bond donors (Lipinski definition) is 1. The van der Waals surface area contributed by atoms with Gasteiger partial charge >= 0.3 is 5.97 Å². The molecule has 0 unspecified atom stereocenters. The summed E-state index contributed by atoms with van der Waals surface area (Å²) in [6.07, 6.45) is -0.975. The second-order valence-corrected chi connectivity index (χ2v) is 6.68. The van der Waals surface area contributed by atoms with Gasteiger partial charge in [0.05, 0.1) is 21.3 Å². The van der Waals surface area contributed by atoms with Crippen LogP contribution in [0.4, 0.5) is 5.69 Å². The van der Waals surface area contributed by atoms with Gasteiger partial charge < -0.3 is 10.1 Å². The first-order valence-corrected chi connectivity index (χ1v) is 8.43. The molecular weight excluding hydrogens is 452 g/mol. The van der Waals surface area contributed by atoms with Crippen LogP contribution in [0.2, 0.25) is 10.0 Å². The van der Waals surface area contributed by atoms with E-state index in [9.17, 15) is 9.59 Å². The van der Waals surface area contributed by atoms with Gasteiger partial charge in [-0.25, -0.2) is 4.79 Å². The number of amides is 1. The van der Waals surface area contributed by atoms with Crippen molar-refractivity contribution in [3.63, 3.8) is 0 Å². The van der Waals surface area contributed by atoms with Crippen molar-refractivity contribution >= 4 is 63.4 Å². The molecule has 0 heterocycles. The van der Waals surface area contributed by atoms with E-state index in [0.29, 0.717) is 16.3 Å². The maximum Gasteiger partial charge on any atom is 0.338 e. The predicted molar refractivity (Wildman–Crippen MR) is 99.1 cm³/mol. The fourth-order valence-corrected chi connectivity index (χ4v) is 2.41. The van der Waals surface area contributed by atoms with E-state index in [1.807, 2.05) is 0 Å². The molecule has 0 saturated heterocycles. The van der Waals surface area contributed by atoms with Crippen molar-refractivity contribution in [3.05, 3.63) is 61.6 Å². The van der Waals surface area contributed by atoms with Crippen LogP contribution in [0.5, 0.6) is 0 Å². The molecule has 0 radical (unpaired) electrons. The zero-order valence-corrected chi connectivity index (χ0v) is 15.6. The molecule has 0 fully saturated rings. The molecule has 2 aromatic rings. The molecule has 7 heteroatoms. The number of anilines is 1. The largest absolute Gasteiger partial charge is 0.449 e. The van der Waals surface area contributed by atoms with Crippen molar-refractivity contribution < 1.29 is 14.3 Å². The topological polar surface area (TPSA) is 55.4 Å². The highest BCUT2D eigenvalue weighted by molar-refractivity contribution is 14.1. The van der Waals surface area contributed by atoms with E-state index < -0.39 is 18.0 Å². The number of hydrogen-bond acceptors (Lipinski definition) is 3. The van der Waals surface area contributed by atoms with Crippen LogP contribution in [-0.4, -0.2) is 18.0 Å². The molecule has 4 nitrogen and oxygen atoms in total. The van der Waals surface area contributed by atoms with E-state index in [1.165, 1.54) is 6.92 Å². The Hall–Kier alpha value is -1.31. The van der Waals surface area contributed by atoms with Crippen LogP contribution in [-0.2, 0) is 9.53 Å². The molecule has 2 aromatic carbocycles. The first-order chi connectivity index (χ1) is 10.9. The number of esters is 1. The molecule has 0 aliphatic carbocycles. The SMILES string of the molecule is C[C@@H](OC(=O)c1ccc(I)cc1)C(=O)Nc1cccc(Cl)c1Cl. The Morgan fingerprint density at radius 1 is 1.13 bits per heavy atom. The second-order valence-electron chi connectivity index (χ2n) is 4.65. The van der Waals surface area contributed by atoms with Crippen LogP contribution < -0.4 is 5.32 Å². The fraction of sp³-hybridized carbons (Fsp3) is 0.125. The quantitative estimate of drug-likeness (QED) is 0.524. The summed E-state index contributed by atoms with van der Waals surface area (Å²) < 4.78 is 6.15. The van der Waals surface area contributed by atoms with Crippen molar-refractivity contribution in [2.45, 2.75) is 13.0 Å². The van der Waals surface area contributed by atoms with E-state index in [4.69, 9.17) is 27.9 Å². The molecule has 1 amide bonds. The summed E-state index contributed by atoms with van der Waals surface area (Å²) in [6, 6.07) is 11.7. The van der Waals surface area contributed by atoms with Gasteiger partial charge in [0, 0.05) is 3.57 Å². The number of halogens is 3. The van der Waals surface area contributed by atoms with Crippen LogP contribution in [0.15, 0.2) is 42.5 Å². The Labute approximate surface area is 157 Å². The molecule has 2 rings (SSSR count). The minimum atomic E-state index is -0.975. The summed E-state index contributed by atoms with van der Waals surface area (Å²) in [6.45, 7) is 1.48. The molecule has 1 atom stereocenters. The van der Waals surface area contributed by atoms with Gasteiger partial charge in [-0.2, -0.15) is 0 Å². The molecule has 0 aromatic heterocycles. The lowest BCUT2D eigenvalue weighted by molar-refractivity contribution is -0.123. The predicted octanol–water partition coefficient (Wildman–Crippen LogP) is 4.78. The van der Waals surface area contributed by atoms with Crippen LogP contribution >= 0.6 is 45.8 Å². The van der Waals surface area contributed by atoms with Crippen molar-refractivity contribution in [2.75, 3.05) is 5.32 Å². The van der Waals surface area contributed by atoms with Gasteiger partial charge in [-0.15, -0.1) is 0 Å². The number of ether oxygens (including phenoxy) is 1. The zero-order chi connectivity index (χ0) is 17.0. The van der Waals surface area contributed by atoms with Gasteiger partial charge in [-0.3, -0.25) is 4.79 Å². The number of benzene rings is 2. The standard InChI is InChI=1S/C16H12Cl2INO3/c1-9(23-16(22)10-5-7-11(19)8-6-10)15(21)20-13-4-2-3-12(17)14(13)18/h2-9H,1H3,(H,20,21)/t9-/m1/s1. The van der Waals surface area contributed by atoms with E-state index in [-0.39, 0.29) is 5.02 Å². The molecule has 0 bridgehead atoms. The number of carbonyl (C=O) groups excluding carboxylic acids is 2. The Balaban J connectivity index is 2.01. The summed E-state index contributed by atoms with van der Waals surface area (Å²) in [4.78, 5) is 24.1. The first-order valence-electron chi connectivity index (χ1n) is 6.60. The Kier molecular flexibility index (Phi) is 6.26. The first kappa shape index (κ1) is 18.0. The van der Waals surface area contributed by atoms with Gasteiger partial charge in [-0.05, 0) is 65.9 Å². The van der Waals surface area contributed by atoms with Gasteiger partial charge in [-0.1, -0.05) is 29.3 Å². The molecule has 120 valence electrons. The van der Waals surface area contributed by atoms with Gasteiger partial charge in [0.2, 0.25) is 0 Å². The average Bonchev–Trinajstić information content (AvgIpc) is 2.52. The summed E-state index contributed by atoms with van der Waals surface area (Å²) in [7, 11) is 0.